The van der Waals surface area contributed by atoms with Gasteiger partial charge in [-0.25, -0.2) is 13.4 Å². The predicted octanol–water partition coefficient (Wildman–Crippen LogP) is 5.02. The molecule has 0 atom stereocenters. The standard InChI is InChI=1S/C23H24ClN3O3S2/c1-15-12-23(31-14-22(28)25-20-7-5-6-19(24)16(20)2)26-21-9-8-17(13-18(15)21)32(29,30)27-10-3-4-11-27/h5-9,12-13H,3-4,10-11,14H2,1-2H3,(H,25,28). The molecule has 0 radical (unpaired) electrons. The summed E-state index contributed by atoms with van der Waals surface area (Å²) in [7, 11) is -3.48. The van der Waals surface area contributed by atoms with Crippen molar-refractivity contribution in [3.05, 3.63) is 58.6 Å². The second-order valence-corrected chi connectivity index (χ2v) is 11.2. The lowest BCUT2D eigenvalue weighted by molar-refractivity contribution is -0.113. The number of nitrogens with zero attached hydrogens (tertiary/aromatic N) is 2. The van der Waals surface area contributed by atoms with Crippen LogP contribution in [0.2, 0.25) is 5.02 Å². The molecule has 1 saturated heterocycles. The molecule has 1 aliphatic rings. The molecule has 0 spiro atoms. The number of fused-ring (bicyclic) bond motifs is 1. The lowest BCUT2D eigenvalue weighted by Gasteiger charge is -2.16. The van der Waals surface area contributed by atoms with Gasteiger partial charge in [-0.15, -0.1) is 0 Å². The van der Waals surface area contributed by atoms with E-state index >= 15 is 0 Å². The first-order valence-corrected chi connectivity index (χ1v) is 13.2. The first-order valence-electron chi connectivity index (χ1n) is 10.3. The monoisotopic (exact) mass is 489 g/mol. The molecule has 1 amide bonds. The second kappa shape index (κ2) is 9.39. The molecule has 0 unspecified atom stereocenters. The average molecular weight is 490 g/mol. The van der Waals surface area contributed by atoms with Crippen LogP contribution in [0.25, 0.3) is 10.9 Å². The quantitative estimate of drug-likeness (QED) is 0.492. The van der Waals surface area contributed by atoms with Gasteiger partial charge in [-0.2, -0.15) is 4.31 Å². The van der Waals surface area contributed by atoms with Gasteiger partial charge < -0.3 is 5.32 Å². The lowest BCUT2D eigenvalue weighted by atomic mass is 10.1. The van der Waals surface area contributed by atoms with E-state index in [0.29, 0.717) is 39.2 Å². The molecule has 1 aromatic heterocycles. The molecule has 1 N–H and O–H groups in total. The van der Waals surface area contributed by atoms with Crippen molar-refractivity contribution in [2.24, 2.45) is 0 Å². The third-order valence-corrected chi connectivity index (χ3v) is 8.77. The van der Waals surface area contributed by atoms with Crippen molar-refractivity contribution >= 4 is 55.9 Å². The zero-order chi connectivity index (χ0) is 22.9. The number of thioether (sulfide) groups is 1. The van der Waals surface area contributed by atoms with Crippen molar-refractivity contribution in [3.8, 4) is 0 Å². The van der Waals surface area contributed by atoms with E-state index in [-0.39, 0.29) is 11.7 Å². The van der Waals surface area contributed by atoms with Gasteiger partial charge in [0, 0.05) is 29.2 Å². The topological polar surface area (TPSA) is 79.4 Å². The number of hydrogen-bond donors (Lipinski definition) is 1. The fraction of sp³-hybridized carbons (Fsp3) is 0.304. The summed E-state index contributed by atoms with van der Waals surface area (Å²) in [5, 5.41) is 5.00. The molecule has 0 saturated carbocycles. The van der Waals surface area contributed by atoms with E-state index in [4.69, 9.17) is 11.6 Å². The van der Waals surface area contributed by atoms with Gasteiger partial charge in [0.2, 0.25) is 15.9 Å². The van der Waals surface area contributed by atoms with E-state index in [1.54, 1.807) is 34.6 Å². The smallest absolute Gasteiger partial charge is 0.243 e. The summed E-state index contributed by atoms with van der Waals surface area (Å²) in [5.74, 6) is 0.0534. The number of nitrogens with one attached hydrogen (secondary N) is 1. The second-order valence-electron chi connectivity index (χ2n) is 7.82. The number of anilines is 1. The van der Waals surface area contributed by atoms with Gasteiger partial charge in [0.05, 0.1) is 21.2 Å². The highest BCUT2D eigenvalue weighted by Crippen LogP contribution is 2.29. The molecule has 1 aliphatic heterocycles. The molecule has 6 nitrogen and oxygen atoms in total. The summed E-state index contributed by atoms with van der Waals surface area (Å²) in [6.07, 6.45) is 1.80. The number of pyridine rings is 1. The summed E-state index contributed by atoms with van der Waals surface area (Å²) in [4.78, 5) is 17.3. The maximum absolute atomic E-state index is 12.9. The van der Waals surface area contributed by atoms with E-state index in [0.717, 1.165) is 29.4 Å². The van der Waals surface area contributed by atoms with E-state index < -0.39 is 10.0 Å². The van der Waals surface area contributed by atoms with Crippen LogP contribution in [0, 0.1) is 13.8 Å². The highest BCUT2D eigenvalue weighted by atomic mass is 35.5. The Kier molecular flexibility index (Phi) is 6.76. The summed E-state index contributed by atoms with van der Waals surface area (Å²) in [6.45, 7) is 4.93. The molecule has 0 bridgehead atoms. The number of benzene rings is 2. The Hall–Kier alpha value is -2.13. The molecule has 4 rings (SSSR count). The van der Waals surface area contributed by atoms with Crippen LogP contribution < -0.4 is 5.32 Å². The van der Waals surface area contributed by atoms with Gasteiger partial charge in [-0.1, -0.05) is 29.4 Å². The van der Waals surface area contributed by atoms with Gasteiger partial charge in [-0.3, -0.25) is 4.79 Å². The Labute approximate surface area is 197 Å². The third-order valence-electron chi connectivity index (χ3n) is 5.56. The SMILES string of the molecule is Cc1c(Cl)cccc1NC(=O)CSc1cc(C)c2cc(S(=O)(=O)N3CCCC3)ccc2n1. The zero-order valence-corrected chi connectivity index (χ0v) is 20.3. The number of sulfonamides is 1. The summed E-state index contributed by atoms with van der Waals surface area (Å²) in [6, 6.07) is 12.3. The van der Waals surface area contributed by atoms with Gasteiger partial charge in [0.25, 0.3) is 0 Å². The number of carbonyl (C=O) groups is 1. The summed E-state index contributed by atoms with van der Waals surface area (Å²) >= 11 is 7.45. The molecule has 0 aliphatic carbocycles. The Balaban J connectivity index is 1.49. The number of amides is 1. The highest BCUT2D eigenvalue weighted by molar-refractivity contribution is 7.99. The Morgan fingerprint density at radius 2 is 1.91 bits per heavy atom. The molecular weight excluding hydrogens is 466 g/mol. The minimum absolute atomic E-state index is 0.146. The minimum Gasteiger partial charge on any atom is -0.325 e. The number of rotatable bonds is 6. The van der Waals surface area contributed by atoms with Crippen molar-refractivity contribution in [2.75, 3.05) is 24.2 Å². The van der Waals surface area contributed by atoms with Crippen LogP contribution in [-0.4, -0.2) is 42.5 Å². The maximum atomic E-state index is 12.9. The van der Waals surface area contributed by atoms with Crippen LogP contribution in [-0.2, 0) is 14.8 Å². The molecule has 2 aromatic carbocycles. The summed E-state index contributed by atoms with van der Waals surface area (Å²) < 4.78 is 27.3. The maximum Gasteiger partial charge on any atom is 0.243 e. The lowest BCUT2D eigenvalue weighted by Crippen LogP contribution is -2.27. The number of hydrogen-bond acceptors (Lipinski definition) is 5. The average Bonchev–Trinajstić information content (AvgIpc) is 3.31. The van der Waals surface area contributed by atoms with Crippen LogP contribution in [0.3, 0.4) is 0 Å². The van der Waals surface area contributed by atoms with Crippen LogP contribution in [0.4, 0.5) is 5.69 Å². The van der Waals surface area contributed by atoms with Crippen LogP contribution in [0.5, 0.6) is 0 Å². The molecule has 1 fully saturated rings. The molecule has 32 heavy (non-hydrogen) atoms. The van der Waals surface area contributed by atoms with E-state index in [1.807, 2.05) is 26.0 Å². The number of halogens is 1. The molecule has 3 aromatic rings. The van der Waals surface area contributed by atoms with Crippen molar-refractivity contribution in [1.82, 2.24) is 9.29 Å². The molecule has 168 valence electrons. The van der Waals surface area contributed by atoms with Crippen LogP contribution in [0.15, 0.2) is 52.4 Å². The first kappa shape index (κ1) is 23.0. The van der Waals surface area contributed by atoms with E-state index in [1.165, 1.54) is 11.8 Å². The van der Waals surface area contributed by atoms with Crippen molar-refractivity contribution in [3.63, 3.8) is 0 Å². The predicted molar refractivity (Wildman–Crippen MR) is 130 cm³/mol. The molecule has 9 heteroatoms. The Morgan fingerprint density at radius 1 is 1.16 bits per heavy atom. The molecular formula is C23H24ClN3O3S2. The fourth-order valence-corrected chi connectivity index (χ4v) is 6.22. The number of carbonyl (C=O) groups excluding carboxylic acids is 1. The Morgan fingerprint density at radius 3 is 2.66 bits per heavy atom. The Bertz CT molecular complexity index is 1290. The first-order chi connectivity index (χ1) is 15.3. The normalized spacial score (nSPS) is 14.7. The minimum atomic E-state index is -3.48. The largest absolute Gasteiger partial charge is 0.325 e. The van der Waals surface area contributed by atoms with Gasteiger partial charge in [0.1, 0.15) is 0 Å². The number of aromatic nitrogens is 1. The van der Waals surface area contributed by atoms with E-state index in [2.05, 4.69) is 10.3 Å². The highest BCUT2D eigenvalue weighted by Gasteiger charge is 2.27. The van der Waals surface area contributed by atoms with Crippen LogP contribution in [0.1, 0.15) is 24.0 Å². The zero-order valence-electron chi connectivity index (χ0n) is 17.9. The molecule has 2 heterocycles. The van der Waals surface area contributed by atoms with Crippen molar-refractivity contribution in [1.29, 1.82) is 0 Å². The summed E-state index contributed by atoms with van der Waals surface area (Å²) in [5.41, 5.74) is 3.14. The van der Waals surface area contributed by atoms with E-state index in [9.17, 15) is 13.2 Å². The number of aryl methyl sites for hydroxylation is 1. The fourth-order valence-electron chi connectivity index (χ4n) is 3.72. The van der Waals surface area contributed by atoms with Gasteiger partial charge in [0.15, 0.2) is 0 Å². The van der Waals surface area contributed by atoms with Gasteiger partial charge in [-0.05, 0) is 74.2 Å². The van der Waals surface area contributed by atoms with Crippen LogP contribution >= 0.6 is 23.4 Å². The van der Waals surface area contributed by atoms with Gasteiger partial charge >= 0.3 is 0 Å². The van der Waals surface area contributed by atoms with Crippen molar-refractivity contribution in [2.45, 2.75) is 36.6 Å². The van der Waals surface area contributed by atoms with Crippen molar-refractivity contribution < 1.29 is 13.2 Å². The third kappa shape index (κ3) is 4.78.